The van der Waals surface area contributed by atoms with Gasteiger partial charge in [-0.15, -0.1) is 0 Å². The van der Waals surface area contributed by atoms with Crippen molar-refractivity contribution in [1.82, 2.24) is 0 Å². The topological polar surface area (TPSA) is 168 Å². The Kier molecular flexibility index (Phi) is 5.20. The van der Waals surface area contributed by atoms with Crippen LogP contribution < -0.4 is 0 Å². The molecule has 1 spiro atoms. The molecular weight excluding hydrogens is 524 g/mol. The second-order valence-corrected chi connectivity index (χ2v) is 14.4. The molecule has 7 fully saturated rings. The molecular formula is C29H40O11. The van der Waals surface area contributed by atoms with E-state index in [0.29, 0.717) is 32.1 Å². The Morgan fingerprint density at radius 1 is 1.00 bits per heavy atom. The normalized spacial score (nSPS) is 63.5. The Morgan fingerprint density at radius 2 is 1.77 bits per heavy atom. The van der Waals surface area contributed by atoms with Gasteiger partial charge in [-0.3, -0.25) is 0 Å². The van der Waals surface area contributed by atoms with Gasteiger partial charge < -0.3 is 49.2 Å². The quantitative estimate of drug-likeness (QED) is 0.164. The minimum absolute atomic E-state index is 0.0377. The maximum atomic E-state index is 12.6. The van der Waals surface area contributed by atoms with Crippen molar-refractivity contribution < 1.29 is 54.0 Å². The summed E-state index contributed by atoms with van der Waals surface area (Å²) in [5, 5.41) is 58.5. The highest BCUT2D eigenvalue weighted by Gasteiger charge is 2.88. The van der Waals surface area contributed by atoms with Crippen LogP contribution in [-0.2, 0) is 28.5 Å². The van der Waals surface area contributed by atoms with Gasteiger partial charge in [0.25, 0.3) is 0 Å². The number of rotatable bonds is 1. The molecule has 0 bridgehead atoms. The lowest BCUT2D eigenvalue weighted by molar-refractivity contribution is -0.458. The van der Waals surface area contributed by atoms with Crippen LogP contribution in [0, 0.1) is 28.6 Å². The third-order valence-electron chi connectivity index (χ3n) is 12.8. The molecule has 222 valence electrons. The number of carbonyl (C=O) groups excluding carboxylic acids is 1. The van der Waals surface area contributed by atoms with Gasteiger partial charge in [0.1, 0.15) is 23.9 Å². The summed E-state index contributed by atoms with van der Waals surface area (Å²) in [5.41, 5.74) is -3.54. The SMILES string of the molecule is C[C@@H]1C[C@@H](O)[C@]2(O)O[C@@H]3C[C@@]4(C)[C@@H](C[C@@H]5O[C@]56[C@H]4[C@H](O)[C@H](O)[C@]4(C)[C@@H](C5=CC(=O)OC5)CC[C@@]46O)C[C@H]3O[C@@H]2O1. The lowest BCUT2D eigenvalue weighted by atomic mass is 9.41. The fraction of sp³-hybridized carbons (Fsp3) is 0.897. The summed E-state index contributed by atoms with van der Waals surface area (Å²) in [6.07, 6.45) is -2.13. The van der Waals surface area contributed by atoms with Crippen molar-refractivity contribution in [2.45, 2.75) is 125 Å². The van der Waals surface area contributed by atoms with E-state index in [1.807, 2.05) is 13.8 Å². The predicted octanol–water partition coefficient (Wildman–Crippen LogP) is -0.105. The van der Waals surface area contributed by atoms with Crippen LogP contribution in [0.4, 0.5) is 0 Å². The third kappa shape index (κ3) is 2.85. The lowest BCUT2D eigenvalue weighted by Gasteiger charge is -2.66. The van der Waals surface area contributed by atoms with Gasteiger partial charge in [-0.05, 0) is 61.9 Å². The minimum Gasteiger partial charge on any atom is -0.458 e. The molecule has 4 aliphatic carbocycles. The van der Waals surface area contributed by atoms with Crippen LogP contribution in [0.25, 0.3) is 0 Å². The fourth-order valence-corrected chi connectivity index (χ4v) is 10.8. The first-order valence-corrected chi connectivity index (χ1v) is 14.8. The van der Waals surface area contributed by atoms with Crippen LogP contribution >= 0.6 is 0 Å². The standard InChI is InChI=1S/C29H40O11/c1-12-6-18(30)29(35)24(37-12)38-16-8-14-9-19-28(40-19)22(25(14,2)10-17(16)39-29)21(32)23(33)26(3)15(4-5-27(26,28)34)13-7-20(31)36-11-13/h7,12,14-19,21-24,30,32-35H,4-6,8-11H2,1-3H3/t12-,14-,15-,16-,17-,18-,19+,21+,22+,23+,24+,25+,26+,27-,28+,29+/m1/s1. The zero-order valence-corrected chi connectivity index (χ0v) is 23.1. The average molecular weight is 565 g/mol. The molecule has 0 aromatic carbocycles. The van der Waals surface area contributed by atoms with E-state index in [0.717, 1.165) is 5.57 Å². The Labute approximate surface area is 232 Å². The van der Waals surface area contributed by atoms with Crippen LogP contribution in [-0.4, -0.2) is 104 Å². The second kappa shape index (κ2) is 7.86. The molecule has 0 aromatic heterocycles. The molecule has 4 saturated carbocycles. The van der Waals surface area contributed by atoms with Gasteiger partial charge in [0, 0.05) is 23.8 Å². The highest BCUT2D eigenvalue weighted by molar-refractivity contribution is 5.85. The number of ether oxygens (including phenoxy) is 5. The molecule has 8 aliphatic rings. The summed E-state index contributed by atoms with van der Waals surface area (Å²) in [6.45, 7) is 5.82. The van der Waals surface area contributed by atoms with Gasteiger partial charge in [0.15, 0.2) is 0 Å². The van der Waals surface area contributed by atoms with E-state index in [4.69, 9.17) is 23.7 Å². The number of carbonyl (C=O) groups is 1. The summed E-state index contributed by atoms with van der Waals surface area (Å²) >= 11 is 0. The molecule has 3 saturated heterocycles. The van der Waals surface area contributed by atoms with Crippen LogP contribution in [0.1, 0.15) is 59.3 Å². The van der Waals surface area contributed by atoms with Crippen LogP contribution in [0.15, 0.2) is 11.6 Å². The van der Waals surface area contributed by atoms with E-state index in [1.165, 1.54) is 6.08 Å². The van der Waals surface area contributed by atoms with Crippen molar-refractivity contribution in [3.63, 3.8) is 0 Å². The molecule has 5 N–H and O–H groups in total. The first kappa shape index (κ1) is 26.5. The van der Waals surface area contributed by atoms with E-state index in [1.54, 1.807) is 0 Å². The highest BCUT2D eigenvalue weighted by atomic mass is 16.8. The van der Waals surface area contributed by atoms with Crippen LogP contribution in [0.3, 0.4) is 0 Å². The number of hydrogen-bond acceptors (Lipinski definition) is 11. The van der Waals surface area contributed by atoms with E-state index in [-0.39, 0.29) is 43.2 Å². The molecule has 8 rings (SSSR count). The summed E-state index contributed by atoms with van der Waals surface area (Å²) in [6, 6.07) is 0. The van der Waals surface area contributed by atoms with Crippen molar-refractivity contribution in [2.75, 3.05) is 6.61 Å². The molecule has 0 aromatic rings. The van der Waals surface area contributed by atoms with Gasteiger partial charge in [-0.25, -0.2) is 4.79 Å². The van der Waals surface area contributed by atoms with E-state index < -0.39 is 70.4 Å². The molecule has 16 atom stereocenters. The number of hydrogen-bond donors (Lipinski definition) is 5. The summed E-state index contributed by atoms with van der Waals surface area (Å²) < 4.78 is 30.0. The van der Waals surface area contributed by atoms with Gasteiger partial charge in [0.2, 0.25) is 12.1 Å². The zero-order chi connectivity index (χ0) is 28.2. The number of aliphatic hydroxyl groups is 5. The summed E-state index contributed by atoms with van der Waals surface area (Å²) in [4.78, 5) is 11.9. The Balaban J connectivity index is 1.16. The molecule has 11 heteroatoms. The second-order valence-electron chi connectivity index (χ2n) is 14.4. The van der Waals surface area contributed by atoms with Crippen molar-refractivity contribution in [1.29, 1.82) is 0 Å². The molecule has 4 aliphatic heterocycles. The first-order valence-electron chi connectivity index (χ1n) is 14.8. The van der Waals surface area contributed by atoms with E-state index >= 15 is 0 Å². The van der Waals surface area contributed by atoms with Crippen LogP contribution in [0.2, 0.25) is 0 Å². The van der Waals surface area contributed by atoms with Gasteiger partial charge in [-0.2, -0.15) is 0 Å². The zero-order valence-electron chi connectivity index (χ0n) is 23.1. The molecule has 0 amide bonds. The Morgan fingerprint density at radius 3 is 2.50 bits per heavy atom. The minimum atomic E-state index is -2.00. The largest absolute Gasteiger partial charge is 0.458 e. The number of aliphatic hydroxyl groups excluding tert-OH is 3. The first-order chi connectivity index (χ1) is 18.8. The highest BCUT2D eigenvalue weighted by Crippen LogP contribution is 2.77. The van der Waals surface area contributed by atoms with Crippen molar-refractivity contribution >= 4 is 5.97 Å². The predicted molar refractivity (Wildman–Crippen MR) is 133 cm³/mol. The van der Waals surface area contributed by atoms with Crippen molar-refractivity contribution in [3.05, 3.63) is 11.6 Å². The summed E-state index contributed by atoms with van der Waals surface area (Å²) in [7, 11) is 0. The number of esters is 1. The monoisotopic (exact) mass is 564 g/mol. The Bertz CT molecular complexity index is 1180. The van der Waals surface area contributed by atoms with E-state index in [2.05, 4.69) is 6.92 Å². The molecule has 11 nitrogen and oxygen atoms in total. The molecule has 0 unspecified atom stereocenters. The van der Waals surface area contributed by atoms with Gasteiger partial charge >= 0.3 is 5.97 Å². The molecule has 40 heavy (non-hydrogen) atoms. The fourth-order valence-electron chi connectivity index (χ4n) is 10.8. The average Bonchev–Trinajstić information content (AvgIpc) is 3.33. The van der Waals surface area contributed by atoms with Gasteiger partial charge in [-0.1, -0.05) is 13.8 Å². The number of epoxide rings is 1. The summed E-state index contributed by atoms with van der Waals surface area (Å²) in [5.74, 6) is -3.34. The maximum Gasteiger partial charge on any atom is 0.331 e. The Hall–Kier alpha value is -1.15. The van der Waals surface area contributed by atoms with Crippen LogP contribution in [0.5, 0.6) is 0 Å². The lowest BCUT2D eigenvalue weighted by Crippen LogP contribution is -2.78. The van der Waals surface area contributed by atoms with Gasteiger partial charge in [0.05, 0.1) is 36.6 Å². The molecule has 4 heterocycles. The van der Waals surface area contributed by atoms with Crippen molar-refractivity contribution in [2.24, 2.45) is 28.6 Å². The van der Waals surface area contributed by atoms with Crippen molar-refractivity contribution in [3.8, 4) is 0 Å². The third-order valence-corrected chi connectivity index (χ3v) is 12.8. The number of fused-ring (bicyclic) bond motifs is 5. The smallest absolute Gasteiger partial charge is 0.331 e. The van der Waals surface area contributed by atoms with E-state index in [9.17, 15) is 30.3 Å². The number of cyclic esters (lactones) is 1. The molecule has 0 radical (unpaired) electrons. The maximum absolute atomic E-state index is 12.6.